The zero-order chi connectivity index (χ0) is 11.3. The molecule has 0 aliphatic heterocycles. The van der Waals surface area contributed by atoms with Gasteiger partial charge in [-0.05, 0) is 0 Å². The molecule has 0 aromatic carbocycles. The van der Waals surface area contributed by atoms with Gasteiger partial charge in [0.1, 0.15) is 18.3 Å². The molecule has 0 bridgehead atoms. The first kappa shape index (κ1) is 13.3. The van der Waals surface area contributed by atoms with E-state index in [0.29, 0.717) is 0 Å². The van der Waals surface area contributed by atoms with Crippen molar-refractivity contribution >= 4 is 5.97 Å². The van der Waals surface area contributed by atoms with Gasteiger partial charge in [0.15, 0.2) is 6.10 Å². The summed E-state index contributed by atoms with van der Waals surface area (Å²) in [5, 5.41) is 44.5. The molecular weight excluding hydrogens is 196 g/mol. The van der Waals surface area contributed by atoms with Crippen LogP contribution in [-0.2, 0) is 9.53 Å². The van der Waals surface area contributed by atoms with Gasteiger partial charge < -0.3 is 30.3 Å². The van der Waals surface area contributed by atoms with Crippen LogP contribution in [0.4, 0.5) is 0 Å². The Morgan fingerprint density at radius 1 is 1.21 bits per heavy atom. The lowest BCUT2D eigenvalue weighted by Gasteiger charge is -2.23. The third-order valence-corrected chi connectivity index (χ3v) is 1.70. The second-order valence-corrected chi connectivity index (χ2v) is 2.70. The second-order valence-electron chi connectivity index (χ2n) is 2.70. The van der Waals surface area contributed by atoms with Crippen LogP contribution in [0.25, 0.3) is 0 Å². The van der Waals surface area contributed by atoms with Crippen molar-refractivity contribution in [1.29, 1.82) is 0 Å². The van der Waals surface area contributed by atoms with Crippen LogP contribution in [0.5, 0.6) is 0 Å². The van der Waals surface area contributed by atoms with E-state index in [1.54, 1.807) is 0 Å². The zero-order valence-corrected chi connectivity index (χ0v) is 7.57. The molecular formula is C7H14O7. The first-order valence-electron chi connectivity index (χ1n) is 3.86. The Balaban J connectivity index is 4.30. The van der Waals surface area contributed by atoms with Crippen molar-refractivity contribution < 1.29 is 35.1 Å². The maximum atomic E-state index is 10.7. The first-order valence-corrected chi connectivity index (χ1v) is 3.86. The van der Waals surface area contributed by atoms with E-state index in [9.17, 15) is 4.79 Å². The Morgan fingerprint density at radius 2 is 1.71 bits per heavy atom. The van der Waals surface area contributed by atoms with Crippen molar-refractivity contribution in [2.75, 3.05) is 13.7 Å². The smallest absolute Gasteiger partial charge is 0.337 e. The molecule has 0 aromatic rings. The number of hydrogen-bond donors (Lipinski definition) is 5. The summed E-state index contributed by atoms with van der Waals surface area (Å²) in [6.07, 6.45) is -7.33. The molecule has 7 nitrogen and oxygen atoms in total. The average Bonchev–Trinajstić information content (AvgIpc) is 2.23. The number of aliphatic hydroxyl groups is 5. The van der Waals surface area contributed by atoms with E-state index in [-0.39, 0.29) is 0 Å². The highest BCUT2D eigenvalue weighted by Crippen LogP contribution is 2.05. The normalized spacial score (nSPS) is 19.6. The molecule has 5 N–H and O–H groups in total. The molecule has 84 valence electrons. The van der Waals surface area contributed by atoms with Crippen LogP contribution in [-0.4, -0.2) is 69.6 Å². The van der Waals surface area contributed by atoms with Gasteiger partial charge in [0.2, 0.25) is 0 Å². The van der Waals surface area contributed by atoms with Crippen molar-refractivity contribution in [3.63, 3.8) is 0 Å². The zero-order valence-electron chi connectivity index (χ0n) is 7.57. The lowest BCUT2D eigenvalue weighted by Crippen LogP contribution is -2.48. The Hall–Kier alpha value is -0.730. The average molecular weight is 210 g/mol. The van der Waals surface area contributed by atoms with Crippen LogP contribution in [0.2, 0.25) is 0 Å². The van der Waals surface area contributed by atoms with Crippen LogP contribution in [0.15, 0.2) is 0 Å². The lowest BCUT2D eigenvalue weighted by molar-refractivity contribution is -0.167. The molecule has 0 radical (unpaired) electrons. The molecule has 0 saturated heterocycles. The van der Waals surface area contributed by atoms with Crippen LogP contribution in [0.3, 0.4) is 0 Å². The number of ether oxygens (including phenoxy) is 1. The molecule has 0 spiro atoms. The molecule has 0 aliphatic carbocycles. The Bertz CT molecular complexity index is 183. The highest BCUT2D eigenvalue weighted by atomic mass is 16.5. The molecule has 0 aliphatic rings. The fourth-order valence-corrected chi connectivity index (χ4v) is 0.783. The molecule has 7 heteroatoms. The van der Waals surface area contributed by atoms with Gasteiger partial charge in [-0.1, -0.05) is 0 Å². The van der Waals surface area contributed by atoms with Gasteiger partial charge in [0.25, 0.3) is 0 Å². The highest BCUT2D eigenvalue weighted by Gasteiger charge is 2.34. The largest absolute Gasteiger partial charge is 0.467 e. The van der Waals surface area contributed by atoms with E-state index in [2.05, 4.69) is 4.74 Å². The van der Waals surface area contributed by atoms with E-state index in [4.69, 9.17) is 25.5 Å². The van der Waals surface area contributed by atoms with E-state index < -0.39 is 37.0 Å². The molecule has 0 saturated carbocycles. The molecule has 0 unspecified atom stereocenters. The molecule has 0 fully saturated rings. The maximum absolute atomic E-state index is 10.7. The monoisotopic (exact) mass is 210 g/mol. The predicted molar refractivity (Wildman–Crippen MR) is 43.1 cm³/mol. The van der Waals surface area contributed by atoms with Gasteiger partial charge in [-0.3, -0.25) is 0 Å². The van der Waals surface area contributed by atoms with Crippen molar-refractivity contribution in [1.82, 2.24) is 0 Å². The summed E-state index contributed by atoms with van der Waals surface area (Å²) in [5.41, 5.74) is 0. The van der Waals surface area contributed by atoms with E-state index >= 15 is 0 Å². The fourth-order valence-electron chi connectivity index (χ4n) is 0.783. The van der Waals surface area contributed by atoms with Gasteiger partial charge in [-0.15, -0.1) is 0 Å². The van der Waals surface area contributed by atoms with Crippen LogP contribution < -0.4 is 0 Å². The topological polar surface area (TPSA) is 127 Å². The van der Waals surface area contributed by atoms with Crippen molar-refractivity contribution in [3.8, 4) is 0 Å². The number of methoxy groups -OCH3 is 1. The number of hydrogen-bond acceptors (Lipinski definition) is 7. The number of esters is 1. The SMILES string of the molecule is COC(=O)[C@H](O)[C@@H](O)[C@@H](O)[C@H](O)CO. The Kier molecular flexibility index (Phi) is 5.58. The quantitative estimate of drug-likeness (QED) is 0.299. The molecule has 0 heterocycles. The van der Waals surface area contributed by atoms with E-state index in [1.807, 2.05) is 0 Å². The molecule has 0 amide bonds. The van der Waals surface area contributed by atoms with Gasteiger partial charge in [0.05, 0.1) is 13.7 Å². The standard InChI is InChI=1S/C7H14O7/c1-14-7(13)6(12)5(11)4(10)3(9)2-8/h3-6,8-12H,2H2,1H3/t3-,4+,5+,6-/m1/s1. The minimum absolute atomic E-state index is 0.799. The van der Waals surface area contributed by atoms with Crippen LogP contribution in [0.1, 0.15) is 0 Å². The molecule has 4 atom stereocenters. The summed E-state index contributed by atoms with van der Waals surface area (Å²) < 4.78 is 4.09. The highest BCUT2D eigenvalue weighted by molar-refractivity contribution is 5.75. The lowest BCUT2D eigenvalue weighted by atomic mass is 10.0. The number of carbonyl (C=O) groups excluding carboxylic acids is 1. The molecule has 14 heavy (non-hydrogen) atoms. The minimum Gasteiger partial charge on any atom is -0.467 e. The van der Waals surface area contributed by atoms with Crippen LogP contribution >= 0.6 is 0 Å². The third kappa shape index (κ3) is 3.20. The third-order valence-electron chi connectivity index (χ3n) is 1.70. The van der Waals surface area contributed by atoms with Gasteiger partial charge in [0, 0.05) is 0 Å². The summed E-state index contributed by atoms with van der Waals surface area (Å²) in [5.74, 6) is -1.14. The van der Waals surface area contributed by atoms with Crippen molar-refractivity contribution in [2.24, 2.45) is 0 Å². The maximum Gasteiger partial charge on any atom is 0.337 e. The van der Waals surface area contributed by atoms with E-state index in [0.717, 1.165) is 7.11 Å². The Labute approximate surface area is 80.2 Å². The Morgan fingerprint density at radius 3 is 2.07 bits per heavy atom. The summed E-state index contributed by atoms with van der Waals surface area (Å²) in [4.78, 5) is 10.7. The number of carbonyl (C=O) groups is 1. The summed E-state index contributed by atoms with van der Waals surface area (Å²) >= 11 is 0. The fraction of sp³-hybridized carbons (Fsp3) is 0.857. The number of rotatable bonds is 5. The van der Waals surface area contributed by atoms with E-state index in [1.165, 1.54) is 0 Å². The van der Waals surface area contributed by atoms with Crippen LogP contribution in [0, 0.1) is 0 Å². The van der Waals surface area contributed by atoms with Crippen molar-refractivity contribution in [2.45, 2.75) is 24.4 Å². The predicted octanol–water partition coefficient (Wildman–Crippen LogP) is -3.40. The van der Waals surface area contributed by atoms with Gasteiger partial charge >= 0.3 is 5.97 Å². The van der Waals surface area contributed by atoms with Gasteiger partial charge in [-0.2, -0.15) is 0 Å². The summed E-state index contributed by atoms with van der Waals surface area (Å²) in [6, 6.07) is 0. The summed E-state index contributed by atoms with van der Waals surface area (Å²) in [6.45, 7) is -0.799. The molecule has 0 aromatic heterocycles. The van der Waals surface area contributed by atoms with Gasteiger partial charge in [-0.25, -0.2) is 4.79 Å². The summed E-state index contributed by atoms with van der Waals surface area (Å²) in [7, 11) is 0.993. The minimum atomic E-state index is -1.96. The van der Waals surface area contributed by atoms with Crippen molar-refractivity contribution in [3.05, 3.63) is 0 Å². The number of aliphatic hydroxyl groups excluding tert-OH is 5. The first-order chi connectivity index (χ1) is 6.45. The second kappa shape index (κ2) is 5.89. The molecule has 0 rings (SSSR count).